The van der Waals surface area contributed by atoms with Crippen LogP contribution in [0.1, 0.15) is 17.2 Å². The number of carbonyl (C=O) groups is 1. The zero-order valence-electron chi connectivity index (χ0n) is 16.6. The van der Waals surface area contributed by atoms with Crippen molar-refractivity contribution in [3.8, 4) is 17.1 Å². The van der Waals surface area contributed by atoms with Gasteiger partial charge in [0.1, 0.15) is 6.26 Å². The minimum atomic E-state index is -0.691. The summed E-state index contributed by atoms with van der Waals surface area (Å²) in [7, 11) is 0. The predicted octanol–water partition coefficient (Wildman–Crippen LogP) is 3.33. The third-order valence-corrected chi connectivity index (χ3v) is 4.46. The zero-order chi connectivity index (χ0) is 21.6. The van der Waals surface area contributed by atoms with Gasteiger partial charge in [0, 0.05) is 30.1 Å². The fourth-order valence-corrected chi connectivity index (χ4v) is 2.95. The summed E-state index contributed by atoms with van der Waals surface area (Å²) < 4.78 is 10.1. The van der Waals surface area contributed by atoms with E-state index < -0.39 is 12.1 Å². The van der Waals surface area contributed by atoms with Crippen molar-refractivity contribution < 1.29 is 19.2 Å². The lowest BCUT2D eigenvalue weighted by molar-refractivity contribution is 0.182. The van der Waals surface area contributed by atoms with Crippen LogP contribution in [0.15, 0.2) is 65.6 Å². The minimum absolute atomic E-state index is 0.237. The fraction of sp³-hybridized carbons (Fsp3) is 0.143. The summed E-state index contributed by atoms with van der Waals surface area (Å²) in [6.07, 6.45) is 4.11. The third-order valence-electron chi connectivity index (χ3n) is 4.46. The Morgan fingerprint density at radius 3 is 2.87 bits per heavy atom. The van der Waals surface area contributed by atoms with E-state index in [2.05, 4.69) is 30.7 Å². The molecule has 0 fully saturated rings. The first kappa shape index (κ1) is 20.1. The first-order valence-electron chi connectivity index (χ1n) is 9.46. The number of benzene rings is 1. The lowest BCUT2D eigenvalue weighted by Gasteiger charge is -2.15. The summed E-state index contributed by atoms with van der Waals surface area (Å²) in [5.74, 6) is 1.08. The normalized spacial score (nSPS) is 11.7. The molecule has 3 heterocycles. The zero-order valence-corrected chi connectivity index (χ0v) is 16.6. The van der Waals surface area contributed by atoms with Crippen LogP contribution in [0, 0.1) is 6.92 Å². The molecule has 1 atom stereocenters. The third kappa shape index (κ3) is 4.87. The Labute approximate surface area is 177 Å². The molecule has 1 amide bonds. The molecular weight excluding hydrogens is 400 g/mol. The molecular formula is C21H20N6O4. The highest BCUT2D eigenvalue weighted by Gasteiger charge is 2.16. The van der Waals surface area contributed by atoms with Crippen LogP contribution >= 0.6 is 0 Å². The maximum Gasteiger partial charge on any atom is 0.414 e. The van der Waals surface area contributed by atoms with Crippen molar-refractivity contribution in [2.45, 2.75) is 13.0 Å². The number of aromatic nitrogens is 4. The van der Waals surface area contributed by atoms with Crippen molar-refractivity contribution in [1.29, 1.82) is 0 Å². The molecule has 0 saturated carbocycles. The SMILES string of the molecule is Cc1cnc(Nc2ccon2)nc1-c1c[nH]c(OC(=O)NC(CO)c2ccccc2)c1. The Kier molecular flexibility index (Phi) is 5.90. The number of H-pyrrole nitrogens is 1. The molecule has 0 aliphatic heterocycles. The van der Waals surface area contributed by atoms with Crippen molar-refractivity contribution in [3.05, 3.63) is 72.2 Å². The van der Waals surface area contributed by atoms with Crippen molar-refractivity contribution in [2.75, 3.05) is 11.9 Å². The van der Waals surface area contributed by atoms with Crippen LogP contribution in [-0.2, 0) is 0 Å². The number of nitrogens with one attached hydrogen (secondary N) is 3. The Balaban J connectivity index is 1.45. The maximum atomic E-state index is 12.3. The number of hydrogen-bond acceptors (Lipinski definition) is 8. The first-order valence-corrected chi connectivity index (χ1v) is 9.46. The number of ether oxygens (including phenoxy) is 1. The van der Waals surface area contributed by atoms with Crippen LogP contribution in [0.25, 0.3) is 11.3 Å². The van der Waals surface area contributed by atoms with Gasteiger partial charge in [0.25, 0.3) is 0 Å². The van der Waals surface area contributed by atoms with Crippen molar-refractivity contribution >= 4 is 17.9 Å². The highest BCUT2D eigenvalue weighted by molar-refractivity contribution is 5.72. The highest BCUT2D eigenvalue weighted by atomic mass is 16.6. The summed E-state index contributed by atoms with van der Waals surface area (Å²) in [6.45, 7) is 1.62. The molecule has 10 heteroatoms. The Bertz CT molecular complexity index is 1140. The second-order valence-electron chi connectivity index (χ2n) is 6.67. The van der Waals surface area contributed by atoms with E-state index in [0.29, 0.717) is 23.0 Å². The molecule has 4 rings (SSSR count). The van der Waals surface area contributed by atoms with Gasteiger partial charge in [-0.25, -0.2) is 14.8 Å². The number of carbonyl (C=O) groups excluding carboxylic acids is 1. The lowest BCUT2D eigenvalue weighted by Crippen LogP contribution is -2.33. The van der Waals surface area contributed by atoms with Gasteiger partial charge in [-0.1, -0.05) is 35.5 Å². The predicted molar refractivity (Wildman–Crippen MR) is 112 cm³/mol. The van der Waals surface area contributed by atoms with E-state index in [4.69, 9.17) is 9.26 Å². The standard InChI is InChI=1S/C21H20N6O4/c1-13-10-23-20(25-17-7-8-30-27-17)26-19(13)15-9-18(22-11-15)31-21(29)24-16(12-28)14-5-3-2-4-6-14/h2-11,16,22,28H,12H2,1H3,(H,24,29)(H,23,25,26,27). The second-order valence-corrected chi connectivity index (χ2v) is 6.67. The average Bonchev–Trinajstić information content (AvgIpc) is 3.46. The monoisotopic (exact) mass is 420 g/mol. The maximum absolute atomic E-state index is 12.3. The van der Waals surface area contributed by atoms with E-state index in [0.717, 1.165) is 11.1 Å². The van der Waals surface area contributed by atoms with Crippen molar-refractivity contribution in [2.24, 2.45) is 0 Å². The van der Waals surface area contributed by atoms with Crippen molar-refractivity contribution in [3.63, 3.8) is 0 Å². The van der Waals surface area contributed by atoms with E-state index in [1.807, 2.05) is 37.3 Å². The molecule has 0 bridgehead atoms. The summed E-state index contributed by atoms with van der Waals surface area (Å²) in [6, 6.07) is 11.9. The molecule has 4 N–H and O–H groups in total. The summed E-state index contributed by atoms with van der Waals surface area (Å²) >= 11 is 0. The number of aryl methyl sites for hydroxylation is 1. The molecule has 0 saturated heterocycles. The molecule has 0 spiro atoms. The topological polar surface area (TPSA) is 138 Å². The molecule has 0 aliphatic carbocycles. The number of anilines is 2. The Morgan fingerprint density at radius 1 is 1.29 bits per heavy atom. The highest BCUT2D eigenvalue weighted by Crippen LogP contribution is 2.26. The van der Waals surface area contributed by atoms with Gasteiger partial charge in [-0.2, -0.15) is 0 Å². The summed E-state index contributed by atoms with van der Waals surface area (Å²) in [5.41, 5.74) is 2.99. The molecule has 31 heavy (non-hydrogen) atoms. The van der Waals surface area contributed by atoms with E-state index >= 15 is 0 Å². The number of rotatable bonds is 7. The van der Waals surface area contributed by atoms with E-state index in [1.54, 1.807) is 24.5 Å². The van der Waals surface area contributed by atoms with Gasteiger partial charge in [-0.05, 0) is 18.1 Å². The van der Waals surface area contributed by atoms with Gasteiger partial charge in [0.15, 0.2) is 5.82 Å². The fourth-order valence-electron chi connectivity index (χ4n) is 2.95. The van der Waals surface area contributed by atoms with Crippen LogP contribution in [-0.4, -0.2) is 37.9 Å². The summed E-state index contributed by atoms with van der Waals surface area (Å²) in [5, 5.41) is 18.9. The molecule has 158 valence electrons. The van der Waals surface area contributed by atoms with Crippen LogP contribution in [0.3, 0.4) is 0 Å². The molecule has 4 aromatic rings. The number of nitrogens with zero attached hydrogens (tertiary/aromatic N) is 3. The van der Waals surface area contributed by atoms with Gasteiger partial charge in [-0.15, -0.1) is 0 Å². The smallest absolute Gasteiger partial charge is 0.394 e. The molecule has 3 aromatic heterocycles. The second kappa shape index (κ2) is 9.09. The van der Waals surface area contributed by atoms with Crippen molar-refractivity contribution in [1.82, 2.24) is 25.4 Å². The van der Waals surface area contributed by atoms with Gasteiger partial charge in [-0.3, -0.25) is 0 Å². The quantitative estimate of drug-likeness (QED) is 0.357. The van der Waals surface area contributed by atoms with Crippen LogP contribution in [0.5, 0.6) is 5.88 Å². The molecule has 0 aliphatic rings. The first-order chi connectivity index (χ1) is 15.1. The molecule has 1 unspecified atom stereocenters. The number of aliphatic hydroxyl groups excluding tert-OH is 1. The number of amides is 1. The van der Waals surface area contributed by atoms with Gasteiger partial charge >= 0.3 is 6.09 Å². The number of aliphatic hydroxyl groups is 1. The van der Waals surface area contributed by atoms with E-state index in [1.165, 1.54) is 6.26 Å². The minimum Gasteiger partial charge on any atom is -0.394 e. The number of hydrogen-bond donors (Lipinski definition) is 4. The van der Waals surface area contributed by atoms with E-state index in [-0.39, 0.29) is 12.5 Å². The largest absolute Gasteiger partial charge is 0.414 e. The molecule has 1 aromatic carbocycles. The molecule has 10 nitrogen and oxygen atoms in total. The van der Waals surface area contributed by atoms with Crippen LogP contribution < -0.4 is 15.4 Å². The molecule has 0 radical (unpaired) electrons. The summed E-state index contributed by atoms with van der Waals surface area (Å²) in [4.78, 5) is 23.9. The lowest BCUT2D eigenvalue weighted by atomic mass is 10.1. The van der Waals surface area contributed by atoms with Crippen LogP contribution in [0.4, 0.5) is 16.6 Å². The van der Waals surface area contributed by atoms with Crippen LogP contribution in [0.2, 0.25) is 0 Å². The van der Waals surface area contributed by atoms with Gasteiger partial charge < -0.3 is 30.0 Å². The average molecular weight is 420 g/mol. The number of aromatic amines is 1. The Hall–Kier alpha value is -4.18. The van der Waals surface area contributed by atoms with Gasteiger partial charge in [0.2, 0.25) is 11.8 Å². The van der Waals surface area contributed by atoms with Gasteiger partial charge in [0.05, 0.1) is 18.3 Å². The Morgan fingerprint density at radius 2 is 2.13 bits per heavy atom. The van der Waals surface area contributed by atoms with E-state index in [9.17, 15) is 9.90 Å².